The van der Waals surface area contributed by atoms with Crippen molar-refractivity contribution in [2.75, 3.05) is 18.4 Å². The fourth-order valence-electron chi connectivity index (χ4n) is 3.18. The maximum Gasteiger partial charge on any atom is 0.422 e. The first-order chi connectivity index (χ1) is 14.2. The monoisotopic (exact) mass is 425 g/mol. The van der Waals surface area contributed by atoms with Gasteiger partial charge in [0, 0.05) is 18.9 Å². The van der Waals surface area contributed by atoms with Gasteiger partial charge in [0.1, 0.15) is 6.17 Å². The summed E-state index contributed by atoms with van der Waals surface area (Å²) in [4.78, 5) is 16.3. The van der Waals surface area contributed by atoms with Gasteiger partial charge in [0.15, 0.2) is 5.65 Å². The van der Waals surface area contributed by atoms with E-state index in [2.05, 4.69) is 30.6 Å². The van der Waals surface area contributed by atoms with Crippen LogP contribution in [-0.2, 0) is 5.60 Å². The number of rotatable bonds is 4. The molecule has 1 aliphatic heterocycles. The molecule has 0 aliphatic carbocycles. The molecule has 30 heavy (non-hydrogen) atoms. The van der Waals surface area contributed by atoms with Gasteiger partial charge >= 0.3 is 6.18 Å². The molecule has 4 rings (SSSR count). The van der Waals surface area contributed by atoms with Gasteiger partial charge in [0.25, 0.3) is 0 Å². The van der Waals surface area contributed by atoms with Crippen LogP contribution in [0.2, 0.25) is 0 Å². The highest BCUT2D eigenvalue weighted by molar-refractivity contribution is 5.60. The van der Waals surface area contributed by atoms with Crippen LogP contribution >= 0.6 is 0 Å². The van der Waals surface area contributed by atoms with E-state index in [9.17, 15) is 22.7 Å². The zero-order chi connectivity index (χ0) is 21.5. The average Bonchev–Trinajstić information content (AvgIpc) is 3.12. The normalized spacial score (nSPS) is 22.1. The lowest BCUT2D eigenvalue weighted by Crippen LogP contribution is -2.46. The molecular formula is C18H19F4N7O. The van der Waals surface area contributed by atoms with Crippen LogP contribution in [0.25, 0.3) is 17.0 Å². The van der Waals surface area contributed by atoms with Crippen LogP contribution in [0.15, 0.2) is 30.9 Å². The van der Waals surface area contributed by atoms with Crippen molar-refractivity contribution in [1.29, 1.82) is 0 Å². The number of aromatic nitrogens is 5. The number of imidazole rings is 1. The third kappa shape index (κ3) is 3.67. The number of halogens is 4. The Hall–Kier alpha value is -2.86. The first kappa shape index (κ1) is 20.4. The Bertz CT molecular complexity index is 1050. The second-order valence-corrected chi connectivity index (χ2v) is 7.24. The molecule has 1 aliphatic rings. The first-order valence-electron chi connectivity index (χ1n) is 9.24. The Morgan fingerprint density at radius 3 is 2.77 bits per heavy atom. The first-order valence-corrected chi connectivity index (χ1v) is 9.24. The van der Waals surface area contributed by atoms with Gasteiger partial charge < -0.3 is 15.7 Å². The fraction of sp³-hybridized carbons (Fsp3) is 0.444. The molecule has 8 nitrogen and oxygen atoms in total. The van der Waals surface area contributed by atoms with Gasteiger partial charge in [-0.15, -0.1) is 0 Å². The number of piperidine rings is 1. The summed E-state index contributed by atoms with van der Waals surface area (Å²) < 4.78 is 55.0. The van der Waals surface area contributed by atoms with Crippen molar-refractivity contribution in [2.45, 2.75) is 37.3 Å². The predicted molar refractivity (Wildman–Crippen MR) is 99.4 cm³/mol. The zero-order valence-corrected chi connectivity index (χ0v) is 15.9. The zero-order valence-electron chi connectivity index (χ0n) is 15.9. The summed E-state index contributed by atoms with van der Waals surface area (Å²) in [6.07, 6.45) is -0.482. The number of alkyl halides is 4. The number of hydrogen-bond acceptors (Lipinski definition) is 7. The van der Waals surface area contributed by atoms with Gasteiger partial charge in [0.2, 0.25) is 11.5 Å². The van der Waals surface area contributed by atoms with Crippen molar-refractivity contribution in [3.63, 3.8) is 0 Å². The SMILES string of the molecule is CC(O)(c1cn2c(-c3ccnc(N[C@H]4CNCC[C@@H]4F)n3)cnc2cn1)C(F)(F)F. The van der Waals surface area contributed by atoms with Crippen LogP contribution in [-0.4, -0.2) is 60.9 Å². The lowest BCUT2D eigenvalue weighted by Gasteiger charge is -2.27. The molecule has 160 valence electrons. The van der Waals surface area contributed by atoms with E-state index in [1.807, 2.05) is 0 Å². The van der Waals surface area contributed by atoms with E-state index in [-0.39, 0.29) is 11.6 Å². The summed E-state index contributed by atoms with van der Waals surface area (Å²) in [5.74, 6) is 0.190. The van der Waals surface area contributed by atoms with Gasteiger partial charge in [-0.25, -0.2) is 19.3 Å². The van der Waals surface area contributed by atoms with Crippen molar-refractivity contribution in [1.82, 2.24) is 29.7 Å². The van der Waals surface area contributed by atoms with E-state index in [0.717, 1.165) is 12.4 Å². The topological polar surface area (TPSA) is 100 Å². The molecule has 1 unspecified atom stereocenters. The number of anilines is 1. The molecule has 0 aromatic carbocycles. The van der Waals surface area contributed by atoms with Crippen LogP contribution < -0.4 is 10.6 Å². The number of nitrogens with zero attached hydrogens (tertiary/aromatic N) is 5. The van der Waals surface area contributed by atoms with E-state index < -0.39 is 29.7 Å². The van der Waals surface area contributed by atoms with Gasteiger partial charge in [0.05, 0.1) is 35.5 Å². The van der Waals surface area contributed by atoms with Crippen LogP contribution in [0, 0.1) is 0 Å². The minimum Gasteiger partial charge on any atom is -0.375 e. The molecule has 4 heterocycles. The Labute approximate surface area is 168 Å². The third-order valence-electron chi connectivity index (χ3n) is 5.08. The molecule has 1 saturated heterocycles. The molecule has 0 bridgehead atoms. The molecule has 3 aromatic rings. The number of nitrogens with one attached hydrogen (secondary N) is 2. The van der Waals surface area contributed by atoms with E-state index >= 15 is 0 Å². The second-order valence-electron chi connectivity index (χ2n) is 7.24. The Balaban J connectivity index is 1.69. The van der Waals surface area contributed by atoms with Crippen molar-refractivity contribution < 1.29 is 22.7 Å². The van der Waals surface area contributed by atoms with Gasteiger partial charge in [-0.05, 0) is 26.0 Å². The van der Waals surface area contributed by atoms with Gasteiger partial charge in [-0.3, -0.25) is 9.38 Å². The van der Waals surface area contributed by atoms with Crippen LogP contribution in [0.5, 0.6) is 0 Å². The maximum absolute atomic E-state index is 14.1. The predicted octanol–water partition coefficient (Wildman–Crippen LogP) is 2.07. The molecule has 3 aromatic heterocycles. The molecule has 3 atom stereocenters. The summed E-state index contributed by atoms with van der Waals surface area (Å²) in [6.45, 7) is 1.65. The smallest absolute Gasteiger partial charge is 0.375 e. The average molecular weight is 425 g/mol. The molecule has 12 heteroatoms. The van der Waals surface area contributed by atoms with Gasteiger partial charge in [-0.2, -0.15) is 13.2 Å². The maximum atomic E-state index is 14.1. The number of hydrogen-bond donors (Lipinski definition) is 3. The number of fused-ring (bicyclic) bond motifs is 1. The molecule has 3 N–H and O–H groups in total. The van der Waals surface area contributed by atoms with Crippen molar-refractivity contribution in [3.8, 4) is 11.4 Å². The van der Waals surface area contributed by atoms with E-state index in [0.29, 0.717) is 37.8 Å². The van der Waals surface area contributed by atoms with E-state index in [4.69, 9.17) is 0 Å². The standard InChI is InChI=1S/C18H19F4N7O/c1-17(30,18(20,21)22)14-9-29-13(7-26-15(29)8-25-14)11-3-5-24-16(27-11)28-12-6-23-4-2-10(12)19/h3,5,7-10,12,23,30H,2,4,6H2,1H3,(H,24,27,28)/t10-,12-,17?/m0/s1. The summed E-state index contributed by atoms with van der Waals surface area (Å²) in [7, 11) is 0. The van der Waals surface area contributed by atoms with Crippen molar-refractivity contribution >= 4 is 11.6 Å². The van der Waals surface area contributed by atoms with Crippen LogP contribution in [0.3, 0.4) is 0 Å². The van der Waals surface area contributed by atoms with Gasteiger partial charge in [-0.1, -0.05) is 0 Å². The summed E-state index contributed by atoms with van der Waals surface area (Å²) in [5, 5.41) is 16.0. The summed E-state index contributed by atoms with van der Waals surface area (Å²) in [5.41, 5.74) is -2.70. The Kier molecular flexibility index (Phi) is 5.06. The molecule has 1 fully saturated rings. The second kappa shape index (κ2) is 7.43. The molecular weight excluding hydrogens is 406 g/mol. The van der Waals surface area contributed by atoms with Crippen molar-refractivity contribution in [2.24, 2.45) is 0 Å². The van der Waals surface area contributed by atoms with E-state index in [1.54, 1.807) is 6.07 Å². The summed E-state index contributed by atoms with van der Waals surface area (Å²) in [6, 6.07) is 1.07. The molecule has 0 saturated carbocycles. The quantitative estimate of drug-likeness (QED) is 0.551. The summed E-state index contributed by atoms with van der Waals surface area (Å²) >= 11 is 0. The fourth-order valence-corrected chi connectivity index (χ4v) is 3.18. The lowest BCUT2D eigenvalue weighted by molar-refractivity contribution is -0.260. The highest BCUT2D eigenvalue weighted by atomic mass is 19.4. The highest BCUT2D eigenvalue weighted by Crippen LogP contribution is 2.37. The van der Waals surface area contributed by atoms with E-state index in [1.165, 1.54) is 16.8 Å². The molecule has 0 radical (unpaired) electrons. The molecule has 0 amide bonds. The Morgan fingerprint density at radius 2 is 2.03 bits per heavy atom. The minimum absolute atomic E-state index is 0.190. The Morgan fingerprint density at radius 1 is 1.23 bits per heavy atom. The lowest BCUT2D eigenvalue weighted by atomic mass is 10.0. The largest absolute Gasteiger partial charge is 0.422 e. The highest BCUT2D eigenvalue weighted by Gasteiger charge is 2.52. The minimum atomic E-state index is -4.91. The number of aliphatic hydroxyl groups is 1. The third-order valence-corrected chi connectivity index (χ3v) is 5.08. The molecule has 0 spiro atoms. The van der Waals surface area contributed by atoms with Crippen molar-refractivity contribution in [3.05, 3.63) is 36.5 Å². The van der Waals surface area contributed by atoms with Crippen LogP contribution in [0.1, 0.15) is 19.0 Å². The van der Waals surface area contributed by atoms with Crippen LogP contribution in [0.4, 0.5) is 23.5 Å².